The fourth-order valence-electron chi connectivity index (χ4n) is 3.53. The molecule has 3 aromatic carbocycles. The standard InChI is InChI=1S/C24H16F3N5OS/c25-24(26,27)16-9-6-10-17(13-16)28-20(33)14-34-23-22-31-30-21(15-7-2-1-3-8-15)32(22)19-12-5-4-11-18(19)29-23/h1-13H,14H2,(H,28,33). The van der Waals surface area contributed by atoms with E-state index in [-0.39, 0.29) is 11.4 Å². The van der Waals surface area contributed by atoms with E-state index in [1.54, 1.807) is 0 Å². The number of thioether (sulfide) groups is 1. The maximum Gasteiger partial charge on any atom is 0.416 e. The Kier molecular flexibility index (Phi) is 5.66. The van der Waals surface area contributed by atoms with E-state index in [4.69, 9.17) is 0 Å². The summed E-state index contributed by atoms with van der Waals surface area (Å²) in [5.74, 6) is 0.120. The van der Waals surface area contributed by atoms with Crippen LogP contribution in [-0.2, 0) is 11.0 Å². The van der Waals surface area contributed by atoms with Gasteiger partial charge in [0.25, 0.3) is 0 Å². The number of carbonyl (C=O) groups excluding carboxylic acids is 1. The number of benzene rings is 3. The highest BCUT2D eigenvalue weighted by molar-refractivity contribution is 8.00. The van der Waals surface area contributed by atoms with Crippen LogP contribution in [0, 0.1) is 0 Å². The van der Waals surface area contributed by atoms with Crippen molar-refractivity contribution in [3.05, 3.63) is 84.4 Å². The van der Waals surface area contributed by atoms with E-state index < -0.39 is 17.6 Å². The van der Waals surface area contributed by atoms with Gasteiger partial charge in [-0.3, -0.25) is 9.20 Å². The van der Waals surface area contributed by atoms with E-state index in [1.807, 2.05) is 59.0 Å². The van der Waals surface area contributed by atoms with E-state index in [1.165, 1.54) is 12.1 Å². The zero-order valence-corrected chi connectivity index (χ0v) is 18.3. The molecule has 1 N–H and O–H groups in total. The van der Waals surface area contributed by atoms with Gasteiger partial charge in [0.1, 0.15) is 5.03 Å². The molecule has 0 saturated heterocycles. The SMILES string of the molecule is O=C(CSc1nc2ccccc2n2c(-c3ccccc3)nnc12)Nc1cccc(C(F)(F)F)c1. The molecule has 1 amide bonds. The molecule has 0 spiro atoms. The molecule has 0 aliphatic rings. The molecule has 170 valence electrons. The quantitative estimate of drug-likeness (QED) is 0.328. The summed E-state index contributed by atoms with van der Waals surface area (Å²) in [6.07, 6.45) is -4.49. The lowest BCUT2D eigenvalue weighted by Crippen LogP contribution is -2.15. The number of hydrogen-bond acceptors (Lipinski definition) is 5. The minimum absolute atomic E-state index is 0.0647. The molecule has 0 fully saturated rings. The van der Waals surface area contributed by atoms with Gasteiger partial charge in [0.15, 0.2) is 11.5 Å². The van der Waals surface area contributed by atoms with E-state index in [0.717, 1.165) is 35.0 Å². The van der Waals surface area contributed by atoms with E-state index in [0.29, 0.717) is 22.0 Å². The summed E-state index contributed by atoms with van der Waals surface area (Å²) < 4.78 is 40.7. The van der Waals surface area contributed by atoms with Gasteiger partial charge in [-0.15, -0.1) is 10.2 Å². The first-order chi connectivity index (χ1) is 16.4. The molecule has 10 heteroatoms. The fourth-order valence-corrected chi connectivity index (χ4v) is 4.30. The second-order valence-corrected chi connectivity index (χ2v) is 8.33. The van der Waals surface area contributed by atoms with E-state index >= 15 is 0 Å². The third-order valence-electron chi connectivity index (χ3n) is 5.04. The number of hydrogen-bond donors (Lipinski definition) is 1. The Morgan fingerprint density at radius 3 is 2.50 bits per heavy atom. The molecule has 34 heavy (non-hydrogen) atoms. The summed E-state index contributed by atoms with van der Waals surface area (Å²) in [6.45, 7) is 0. The predicted octanol–water partition coefficient (Wildman–Crippen LogP) is 5.69. The molecule has 2 aromatic heterocycles. The topological polar surface area (TPSA) is 72.2 Å². The molecule has 5 aromatic rings. The third kappa shape index (κ3) is 4.32. The largest absolute Gasteiger partial charge is 0.416 e. The van der Waals surface area contributed by atoms with Crippen LogP contribution in [0.4, 0.5) is 18.9 Å². The van der Waals surface area contributed by atoms with Crippen molar-refractivity contribution in [1.82, 2.24) is 19.6 Å². The second-order valence-electron chi connectivity index (χ2n) is 7.37. The van der Waals surface area contributed by atoms with Crippen molar-refractivity contribution in [2.75, 3.05) is 11.1 Å². The molecule has 2 heterocycles. The third-order valence-corrected chi connectivity index (χ3v) is 6.00. The van der Waals surface area contributed by atoms with Crippen LogP contribution >= 0.6 is 11.8 Å². The summed E-state index contributed by atoms with van der Waals surface area (Å²) in [5.41, 5.74) is 2.14. The molecule has 0 atom stereocenters. The highest BCUT2D eigenvalue weighted by atomic mass is 32.2. The van der Waals surface area contributed by atoms with Crippen LogP contribution in [-0.4, -0.2) is 31.2 Å². The number of aromatic nitrogens is 4. The summed E-state index contributed by atoms with van der Waals surface area (Å²) in [4.78, 5) is 17.1. The Morgan fingerprint density at radius 2 is 1.71 bits per heavy atom. The van der Waals surface area contributed by atoms with Crippen LogP contribution in [0.15, 0.2) is 83.9 Å². The van der Waals surface area contributed by atoms with Crippen molar-refractivity contribution < 1.29 is 18.0 Å². The number of nitrogens with zero attached hydrogens (tertiary/aromatic N) is 4. The van der Waals surface area contributed by atoms with Crippen molar-refractivity contribution in [2.24, 2.45) is 0 Å². The van der Waals surface area contributed by atoms with Gasteiger partial charge in [0, 0.05) is 11.3 Å². The van der Waals surface area contributed by atoms with Crippen molar-refractivity contribution in [2.45, 2.75) is 11.2 Å². The van der Waals surface area contributed by atoms with Crippen molar-refractivity contribution in [1.29, 1.82) is 0 Å². The van der Waals surface area contributed by atoms with Crippen LogP contribution < -0.4 is 5.32 Å². The minimum atomic E-state index is -4.49. The summed E-state index contributed by atoms with van der Waals surface area (Å²) >= 11 is 1.14. The number of anilines is 1. The molecular weight excluding hydrogens is 463 g/mol. The highest BCUT2D eigenvalue weighted by Gasteiger charge is 2.30. The normalized spacial score (nSPS) is 11.7. The number of nitrogens with one attached hydrogen (secondary N) is 1. The van der Waals surface area contributed by atoms with Crippen molar-refractivity contribution in [3.8, 4) is 11.4 Å². The number of halogens is 3. The summed E-state index contributed by atoms with van der Waals surface area (Å²) in [5, 5.41) is 11.7. The van der Waals surface area contributed by atoms with Crippen LogP contribution in [0.2, 0.25) is 0 Å². The molecule has 0 saturated carbocycles. The lowest BCUT2D eigenvalue weighted by Gasteiger charge is -2.10. The zero-order valence-electron chi connectivity index (χ0n) is 17.5. The van der Waals surface area contributed by atoms with Gasteiger partial charge >= 0.3 is 6.18 Å². The molecule has 0 unspecified atom stereocenters. The van der Waals surface area contributed by atoms with Gasteiger partial charge in [0.05, 0.1) is 22.3 Å². The number of amides is 1. The Labute approximate surface area is 195 Å². The Bertz CT molecular complexity index is 1500. The average molecular weight is 479 g/mol. The lowest BCUT2D eigenvalue weighted by atomic mass is 10.2. The summed E-state index contributed by atoms with van der Waals surface area (Å²) in [6, 6.07) is 21.7. The Balaban J connectivity index is 1.44. The number of para-hydroxylation sites is 2. The second kappa shape index (κ2) is 8.79. The zero-order chi connectivity index (χ0) is 23.7. The average Bonchev–Trinajstić information content (AvgIpc) is 3.28. The van der Waals surface area contributed by atoms with Crippen molar-refractivity contribution >= 4 is 40.0 Å². The first-order valence-corrected chi connectivity index (χ1v) is 11.2. The van der Waals surface area contributed by atoms with Crippen LogP contribution in [0.25, 0.3) is 28.1 Å². The maximum absolute atomic E-state index is 12.9. The monoisotopic (exact) mass is 479 g/mol. The predicted molar refractivity (Wildman–Crippen MR) is 125 cm³/mol. The van der Waals surface area contributed by atoms with Crippen molar-refractivity contribution in [3.63, 3.8) is 0 Å². The van der Waals surface area contributed by atoms with Gasteiger partial charge in [0.2, 0.25) is 5.91 Å². The maximum atomic E-state index is 12.9. The minimum Gasteiger partial charge on any atom is -0.325 e. The molecule has 6 nitrogen and oxygen atoms in total. The van der Waals surface area contributed by atoms with E-state index in [2.05, 4.69) is 20.5 Å². The molecule has 0 bridgehead atoms. The molecule has 0 radical (unpaired) electrons. The number of rotatable bonds is 5. The first-order valence-electron chi connectivity index (χ1n) is 10.2. The Hall–Kier alpha value is -3.92. The van der Waals surface area contributed by atoms with Gasteiger partial charge in [-0.2, -0.15) is 13.2 Å². The lowest BCUT2D eigenvalue weighted by molar-refractivity contribution is -0.137. The van der Waals surface area contributed by atoms with Crippen LogP contribution in [0.1, 0.15) is 5.56 Å². The Morgan fingerprint density at radius 1 is 0.941 bits per heavy atom. The molecular formula is C24H16F3N5OS. The highest BCUT2D eigenvalue weighted by Crippen LogP contribution is 2.31. The summed E-state index contributed by atoms with van der Waals surface area (Å²) in [7, 11) is 0. The number of carbonyl (C=O) groups is 1. The molecule has 0 aliphatic heterocycles. The van der Waals surface area contributed by atoms with Gasteiger partial charge < -0.3 is 5.32 Å². The smallest absolute Gasteiger partial charge is 0.325 e. The number of alkyl halides is 3. The molecule has 5 rings (SSSR count). The molecule has 0 aliphatic carbocycles. The van der Waals surface area contributed by atoms with Gasteiger partial charge in [-0.1, -0.05) is 60.3 Å². The number of fused-ring (bicyclic) bond motifs is 3. The first kappa shape index (κ1) is 21.9. The van der Waals surface area contributed by atoms with Crippen LogP contribution in [0.5, 0.6) is 0 Å². The van der Waals surface area contributed by atoms with Crippen LogP contribution in [0.3, 0.4) is 0 Å². The van der Waals surface area contributed by atoms with Gasteiger partial charge in [-0.05, 0) is 30.3 Å². The van der Waals surface area contributed by atoms with Gasteiger partial charge in [-0.25, -0.2) is 4.98 Å². The fraction of sp³-hybridized carbons (Fsp3) is 0.0833. The van der Waals surface area contributed by atoms with E-state index in [9.17, 15) is 18.0 Å².